The second kappa shape index (κ2) is 6.75. The predicted molar refractivity (Wildman–Crippen MR) is 96.3 cm³/mol. The number of aromatic nitrogens is 2. The normalized spacial score (nSPS) is 22.3. The van der Waals surface area contributed by atoms with Gasteiger partial charge < -0.3 is 10.4 Å². The van der Waals surface area contributed by atoms with Crippen LogP contribution in [0.2, 0.25) is 0 Å². The third kappa shape index (κ3) is 4.50. The monoisotopic (exact) mass is 336 g/mol. The number of rotatable bonds is 2. The van der Waals surface area contributed by atoms with Crippen molar-refractivity contribution < 1.29 is 9.90 Å². The maximum Gasteiger partial charge on any atom is 0.320 e. The predicted octanol–water partition coefficient (Wildman–Crippen LogP) is 3.36. The van der Waals surface area contributed by atoms with E-state index < -0.39 is 6.10 Å². The number of carbonyl (C=O) groups is 1. The van der Waals surface area contributed by atoms with E-state index in [1.54, 1.807) is 0 Å². The highest BCUT2D eigenvalue weighted by molar-refractivity contribution is 5.88. The molecular formula is C18H32N4O2. The van der Waals surface area contributed by atoms with E-state index in [2.05, 4.69) is 52.2 Å². The molecule has 1 aromatic rings. The standard InChI is InChI=1S/C18H32N4O2/c1-17(2,3)14-11-15(22(21-14)18(4,5)6)20-16(24)19-12-9-7-8-10-13(12)23/h11-13,23H,7-10H2,1-6H3,(H2,19,20,24). The zero-order chi connectivity index (χ0) is 18.1. The summed E-state index contributed by atoms with van der Waals surface area (Å²) in [4.78, 5) is 12.4. The maximum atomic E-state index is 12.4. The van der Waals surface area contributed by atoms with Gasteiger partial charge in [0.25, 0.3) is 0 Å². The largest absolute Gasteiger partial charge is 0.391 e. The summed E-state index contributed by atoms with van der Waals surface area (Å²) in [5.41, 5.74) is 0.602. The molecule has 6 nitrogen and oxygen atoms in total. The summed E-state index contributed by atoms with van der Waals surface area (Å²) in [6.45, 7) is 12.5. The number of nitrogens with zero attached hydrogens (tertiary/aromatic N) is 2. The Bertz CT molecular complexity index is 581. The first kappa shape index (κ1) is 18.8. The molecule has 1 aliphatic carbocycles. The van der Waals surface area contributed by atoms with Gasteiger partial charge >= 0.3 is 6.03 Å². The average molecular weight is 336 g/mol. The van der Waals surface area contributed by atoms with Gasteiger partial charge in [-0.15, -0.1) is 0 Å². The molecule has 1 aromatic heterocycles. The molecule has 24 heavy (non-hydrogen) atoms. The zero-order valence-electron chi connectivity index (χ0n) is 15.8. The van der Waals surface area contributed by atoms with Crippen molar-refractivity contribution >= 4 is 11.8 Å². The topological polar surface area (TPSA) is 79.2 Å². The van der Waals surface area contributed by atoms with Crippen LogP contribution < -0.4 is 10.6 Å². The maximum absolute atomic E-state index is 12.4. The molecule has 6 heteroatoms. The summed E-state index contributed by atoms with van der Waals surface area (Å²) >= 11 is 0. The smallest absolute Gasteiger partial charge is 0.320 e. The highest BCUT2D eigenvalue weighted by Crippen LogP contribution is 2.28. The molecule has 0 aliphatic heterocycles. The highest BCUT2D eigenvalue weighted by Gasteiger charge is 2.28. The van der Waals surface area contributed by atoms with Crippen molar-refractivity contribution in [1.82, 2.24) is 15.1 Å². The molecule has 1 aliphatic rings. The number of amides is 2. The molecule has 2 rings (SSSR count). The zero-order valence-corrected chi connectivity index (χ0v) is 15.8. The van der Waals surface area contributed by atoms with E-state index in [-0.39, 0.29) is 23.0 Å². The van der Waals surface area contributed by atoms with Crippen molar-refractivity contribution in [2.75, 3.05) is 5.32 Å². The lowest BCUT2D eigenvalue weighted by Gasteiger charge is -2.28. The number of aliphatic hydroxyl groups excluding tert-OH is 1. The molecule has 3 N–H and O–H groups in total. The number of anilines is 1. The highest BCUT2D eigenvalue weighted by atomic mass is 16.3. The van der Waals surface area contributed by atoms with Crippen molar-refractivity contribution in [3.63, 3.8) is 0 Å². The lowest BCUT2D eigenvalue weighted by molar-refractivity contribution is 0.0955. The van der Waals surface area contributed by atoms with Gasteiger partial charge in [0.05, 0.1) is 23.4 Å². The lowest BCUT2D eigenvalue weighted by Crippen LogP contribution is -2.47. The van der Waals surface area contributed by atoms with Crippen molar-refractivity contribution in [3.05, 3.63) is 11.8 Å². The van der Waals surface area contributed by atoms with Gasteiger partial charge in [0.1, 0.15) is 5.82 Å². The first-order chi connectivity index (χ1) is 11.0. The Morgan fingerprint density at radius 3 is 2.38 bits per heavy atom. The van der Waals surface area contributed by atoms with Gasteiger partial charge in [-0.3, -0.25) is 5.32 Å². The number of hydrogen-bond donors (Lipinski definition) is 3. The van der Waals surface area contributed by atoms with Gasteiger partial charge in [-0.25, -0.2) is 9.48 Å². The molecule has 1 saturated carbocycles. The van der Waals surface area contributed by atoms with Gasteiger partial charge in [-0.2, -0.15) is 5.10 Å². The summed E-state index contributed by atoms with van der Waals surface area (Å²) in [7, 11) is 0. The molecule has 1 fully saturated rings. The molecule has 0 aromatic carbocycles. The summed E-state index contributed by atoms with van der Waals surface area (Å²) in [5.74, 6) is 0.676. The third-order valence-corrected chi connectivity index (χ3v) is 4.40. The van der Waals surface area contributed by atoms with Gasteiger partial charge in [0.2, 0.25) is 0 Å². The minimum absolute atomic E-state index is 0.0943. The van der Waals surface area contributed by atoms with Gasteiger partial charge in [-0.1, -0.05) is 33.6 Å². The summed E-state index contributed by atoms with van der Waals surface area (Å²) in [5, 5.41) is 20.5. The SMILES string of the molecule is CC(C)(C)c1cc(NC(=O)NC2CCCCC2O)n(C(C)(C)C)n1. The molecule has 0 saturated heterocycles. The van der Waals surface area contributed by atoms with E-state index in [0.29, 0.717) is 5.82 Å². The van der Waals surface area contributed by atoms with Crippen molar-refractivity contribution in [3.8, 4) is 0 Å². The van der Waals surface area contributed by atoms with Crippen LogP contribution in [-0.2, 0) is 11.0 Å². The fourth-order valence-corrected chi connectivity index (χ4v) is 2.95. The number of carbonyl (C=O) groups excluding carboxylic acids is 1. The van der Waals surface area contributed by atoms with E-state index >= 15 is 0 Å². The Hall–Kier alpha value is -1.56. The van der Waals surface area contributed by atoms with Crippen molar-refractivity contribution in [2.24, 2.45) is 0 Å². The third-order valence-electron chi connectivity index (χ3n) is 4.40. The Balaban J connectivity index is 2.15. The molecule has 2 unspecified atom stereocenters. The van der Waals surface area contributed by atoms with E-state index in [9.17, 15) is 9.90 Å². The van der Waals surface area contributed by atoms with Crippen LogP contribution in [0.5, 0.6) is 0 Å². The number of hydrogen-bond acceptors (Lipinski definition) is 3. The van der Waals surface area contributed by atoms with Crippen LogP contribution >= 0.6 is 0 Å². The fraction of sp³-hybridized carbons (Fsp3) is 0.778. The Morgan fingerprint density at radius 2 is 1.83 bits per heavy atom. The van der Waals surface area contributed by atoms with Crippen LogP contribution in [0.15, 0.2) is 6.07 Å². The first-order valence-electron chi connectivity index (χ1n) is 8.85. The molecule has 136 valence electrons. The van der Waals surface area contributed by atoms with Gasteiger partial charge in [0.15, 0.2) is 0 Å². The van der Waals surface area contributed by atoms with Crippen LogP contribution in [0.25, 0.3) is 0 Å². The van der Waals surface area contributed by atoms with Crippen LogP contribution in [0.3, 0.4) is 0 Å². The van der Waals surface area contributed by atoms with E-state index in [1.807, 2.05) is 10.7 Å². The Morgan fingerprint density at radius 1 is 1.21 bits per heavy atom. The van der Waals surface area contributed by atoms with Gasteiger partial charge in [-0.05, 0) is 33.6 Å². The number of nitrogens with one attached hydrogen (secondary N) is 2. The molecule has 0 bridgehead atoms. The summed E-state index contributed by atoms with van der Waals surface area (Å²) in [6, 6.07) is 1.47. The average Bonchev–Trinajstić information content (AvgIpc) is 2.85. The second-order valence-corrected chi connectivity index (χ2v) is 8.80. The minimum Gasteiger partial charge on any atom is -0.391 e. The van der Waals surface area contributed by atoms with Crippen LogP contribution in [0.1, 0.15) is 72.9 Å². The minimum atomic E-state index is -0.456. The van der Waals surface area contributed by atoms with Crippen LogP contribution in [0.4, 0.5) is 10.6 Å². The first-order valence-corrected chi connectivity index (χ1v) is 8.85. The quantitative estimate of drug-likeness (QED) is 0.775. The van der Waals surface area contributed by atoms with Crippen LogP contribution in [0, 0.1) is 0 Å². The Labute approximate surface area is 145 Å². The van der Waals surface area contributed by atoms with E-state index in [1.165, 1.54) is 0 Å². The van der Waals surface area contributed by atoms with Crippen molar-refractivity contribution in [2.45, 2.75) is 90.3 Å². The summed E-state index contributed by atoms with van der Waals surface area (Å²) < 4.78 is 1.85. The number of urea groups is 1. The summed E-state index contributed by atoms with van der Waals surface area (Å²) in [6.07, 6.45) is 3.17. The van der Waals surface area contributed by atoms with Crippen molar-refractivity contribution in [1.29, 1.82) is 0 Å². The van der Waals surface area contributed by atoms with E-state index in [4.69, 9.17) is 5.10 Å². The molecule has 2 amide bonds. The molecule has 1 heterocycles. The number of aliphatic hydroxyl groups is 1. The second-order valence-electron chi connectivity index (χ2n) is 8.80. The van der Waals surface area contributed by atoms with Crippen LogP contribution in [-0.4, -0.2) is 33.1 Å². The fourth-order valence-electron chi connectivity index (χ4n) is 2.95. The van der Waals surface area contributed by atoms with E-state index in [0.717, 1.165) is 31.4 Å². The molecular weight excluding hydrogens is 304 g/mol. The molecule has 0 radical (unpaired) electrons. The molecule has 2 atom stereocenters. The lowest BCUT2D eigenvalue weighted by atomic mass is 9.92. The molecule has 0 spiro atoms. The Kier molecular flexibility index (Phi) is 5.28. The van der Waals surface area contributed by atoms with Gasteiger partial charge in [0, 0.05) is 11.5 Å².